The first-order chi connectivity index (χ1) is 12.1. The molecule has 2 heterocycles. The van der Waals surface area contributed by atoms with E-state index in [-0.39, 0.29) is 34.8 Å². The predicted octanol–water partition coefficient (Wildman–Crippen LogP) is 1.56. The molecule has 3 aromatic rings. The highest BCUT2D eigenvalue weighted by molar-refractivity contribution is 5.95. The molecule has 0 saturated heterocycles. The Bertz CT molecular complexity index is 875. The van der Waals surface area contributed by atoms with Crippen molar-refractivity contribution in [2.75, 3.05) is 14.2 Å². The van der Waals surface area contributed by atoms with Crippen LogP contribution in [0.3, 0.4) is 0 Å². The number of hydrogen-bond acceptors (Lipinski definition) is 8. The summed E-state index contributed by atoms with van der Waals surface area (Å²) in [6, 6.07) is 6.04. The van der Waals surface area contributed by atoms with Gasteiger partial charge >= 0.3 is 12.0 Å². The van der Waals surface area contributed by atoms with Gasteiger partial charge in [-0.25, -0.2) is 14.5 Å². The summed E-state index contributed by atoms with van der Waals surface area (Å²) in [5.74, 6) is -0.732. The summed E-state index contributed by atoms with van der Waals surface area (Å²) in [7, 11) is 2.86. The Labute approximate surface area is 141 Å². The first-order valence-corrected chi connectivity index (χ1v) is 6.98. The van der Waals surface area contributed by atoms with E-state index < -0.39 is 5.97 Å². The van der Waals surface area contributed by atoms with Gasteiger partial charge in [-0.05, 0) is 12.1 Å². The van der Waals surface area contributed by atoms with Gasteiger partial charge in [0.1, 0.15) is 24.0 Å². The minimum Gasteiger partial charge on any atom is -0.481 e. The highest BCUT2D eigenvalue weighted by Crippen LogP contribution is 2.29. The smallest absolute Gasteiger partial charge is 0.341 e. The van der Waals surface area contributed by atoms with Crippen molar-refractivity contribution < 1.29 is 24.1 Å². The molecule has 0 aliphatic rings. The molecule has 0 radical (unpaired) electrons. The average Bonchev–Trinajstić information content (AvgIpc) is 3.15. The molecule has 1 N–H and O–H groups in total. The monoisotopic (exact) mass is 343 g/mol. The number of carboxylic acids is 1. The normalized spacial score (nSPS) is 10.3. The van der Waals surface area contributed by atoms with Gasteiger partial charge in [0.05, 0.1) is 26.0 Å². The second-order valence-electron chi connectivity index (χ2n) is 4.63. The zero-order valence-corrected chi connectivity index (χ0v) is 13.3. The number of ether oxygens (including phenoxy) is 3. The molecule has 0 atom stereocenters. The number of nitrogens with zero attached hydrogens (tertiary/aromatic N) is 5. The van der Waals surface area contributed by atoms with Crippen LogP contribution >= 0.6 is 0 Å². The summed E-state index contributed by atoms with van der Waals surface area (Å²) in [6.07, 6.45) is 2.69. The van der Waals surface area contributed by atoms with Crippen molar-refractivity contribution in [1.29, 1.82) is 0 Å². The minimum atomic E-state index is -1.20. The van der Waals surface area contributed by atoms with Crippen LogP contribution in [0.5, 0.6) is 23.5 Å². The van der Waals surface area contributed by atoms with Crippen LogP contribution in [0.15, 0.2) is 36.9 Å². The molecule has 1 aromatic carbocycles. The van der Waals surface area contributed by atoms with E-state index in [1.165, 1.54) is 43.7 Å². The number of aromatic carboxylic acids is 1. The van der Waals surface area contributed by atoms with Gasteiger partial charge in [0, 0.05) is 0 Å². The first kappa shape index (κ1) is 16.2. The zero-order valence-electron chi connectivity index (χ0n) is 13.3. The summed E-state index contributed by atoms with van der Waals surface area (Å²) < 4.78 is 17.0. The molecule has 10 heteroatoms. The van der Waals surface area contributed by atoms with E-state index in [4.69, 9.17) is 14.2 Å². The standard InChI is InChI=1S/C15H13N5O5/c1-23-11-6-12(24-2)19-15(18-11)25-10-5-3-4-9(13(10)14(21)22)20-8-16-7-17-20/h3-8H,1-2H3,(H,21,22). The molecule has 3 rings (SSSR count). The van der Waals surface area contributed by atoms with Crippen molar-refractivity contribution in [2.45, 2.75) is 0 Å². The van der Waals surface area contributed by atoms with Gasteiger partial charge in [-0.15, -0.1) is 0 Å². The largest absolute Gasteiger partial charge is 0.481 e. The lowest BCUT2D eigenvalue weighted by molar-refractivity contribution is 0.0694. The van der Waals surface area contributed by atoms with E-state index >= 15 is 0 Å². The molecule has 0 amide bonds. The third-order valence-corrected chi connectivity index (χ3v) is 3.16. The molecule has 0 bridgehead atoms. The van der Waals surface area contributed by atoms with Crippen LogP contribution in [0.2, 0.25) is 0 Å². The van der Waals surface area contributed by atoms with Gasteiger partial charge in [-0.3, -0.25) is 0 Å². The molecule has 25 heavy (non-hydrogen) atoms. The highest BCUT2D eigenvalue weighted by atomic mass is 16.5. The third-order valence-electron chi connectivity index (χ3n) is 3.16. The summed E-state index contributed by atoms with van der Waals surface area (Å²) in [4.78, 5) is 23.6. The molecule has 0 aliphatic heterocycles. The Morgan fingerprint density at radius 3 is 2.44 bits per heavy atom. The Morgan fingerprint density at radius 1 is 1.16 bits per heavy atom. The van der Waals surface area contributed by atoms with Gasteiger partial charge in [0.25, 0.3) is 0 Å². The molecule has 0 fully saturated rings. The fraction of sp³-hybridized carbons (Fsp3) is 0.133. The zero-order chi connectivity index (χ0) is 17.8. The third kappa shape index (κ3) is 3.32. The maximum atomic E-state index is 11.7. The number of aromatic nitrogens is 5. The van der Waals surface area contributed by atoms with Crippen LogP contribution in [-0.4, -0.2) is 50.0 Å². The lowest BCUT2D eigenvalue weighted by atomic mass is 10.1. The van der Waals surface area contributed by atoms with Crippen molar-refractivity contribution >= 4 is 5.97 Å². The van der Waals surface area contributed by atoms with Gasteiger partial charge in [-0.2, -0.15) is 15.1 Å². The molecular weight excluding hydrogens is 330 g/mol. The molecule has 2 aromatic heterocycles. The average molecular weight is 343 g/mol. The minimum absolute atomic E-state index is 0.0378. The second-order valence-corrected chi connectivity index (χ2v) is 4.63. The Hall–Kier alpha value is -3.69. The first-order valence-electron chi connectivity index (χ1n) is 6.98. The summed E-state index contributed by atoms with van der Waals surface area (Å²) in [6.45, 7) is 0. The van der Waals surface area contributed by atoms with Crippen molar-refractivity contribution in [1.82, 2.24) is 24.7 Å². The van der Waals surface area contributed by atoms with Crippen molar-refractivity contribution in [3.8, 4) is 29.2 Å². The van der Waals surface area contributed by atoms with E-state index in [9.17, 15) is 9.90 Å². The molecular formula is C15H13N5O5. The SMILES string of the molecule is COc1cc(OC)nc(Oc2cccc(-n3cncn3)c2C(=O)O)n1. The molecule has 0 aliphatic carbocycles. The quantitative estimate of drug-likeness (QED) is 0.710. The van der Waals surface area contributed by atoms with Crippen LogP contribution in [0.4, 0.5) is 0 Å². The molecule has 0 spiro atoms. The Balaban J connectivity index is 2.06. The van der Waals surface area contributed by atoms with Gasteiger partial charge in [0.15, 0.2) is 0 Å². The van der Waals surface area contributed by atoms with Crippen LogP contribution in [0, 0.1) is 0 Å². The van der Waals surface area contributed by atoms with Crippen LogP contribution < -0.4 is 14.2 Å². The van der Waals surface area contributed by atoms with Crippen LogP contribution in [0.1, 0.15) is 10.4 Å². The fourth-order valence-electron chi connectivity index (χ4n) is 2.08. The second kappa shape index (κ2) is 6.83. The molecule has 10 nitrogen and oxygen atoms in total. The van der Waals surface area contributed by atoms with E-state index in [1.807, 2.05) is 0 Å². The number of carboxylic acid groups (broad SMARTS) is 1. The maximum Gasteiger partial charge on any atom is 0.341 e. The van der Waals surface area contributed by atoms with E-state index in [0.717, 1.165) is 0 Å². The van der Waals surface area contributed by atoms with Gasteiger partial charge < -0.3 is 19.3 Å². The fourth-order valence-corrected chi connectivity index (χ4v) is 2.08. The lowest BCUT2D eigenvalue weighted by Gasteiger charge is -2.12. The Morgan fingerprint density at radius 2 is 1.88 bits per heavy atom. The number of carbonyl (C=O) groups is 1. The van der Waals surface area contributed by atoms with Crippen molar-refractivity contribution in [3.63, 3.8) is 0 Å². The van der Waals surface area contributed by atoms with Gasteiger partial charge in [0.2, 0.25) is 11.8 Å². The molecule has 128 valence electrons. The number of hydrogen-bond donors (Lipinski definition) is 1. The number of rotatable bonds is 6. The van der Waals surface area contributed by atoms with Gasteiger partial charge in [-0.1, -0.05) is 6.07 Å². The summed E-state index contributed by atoms with van der Waals surface area (Å²) in [5, 5.41) is 13.5. The summed E-state index contributed by atoms with van der Waals surface area (Å²) in [5.41, 5.74) is 0.177. The van der Waals surface area contributed by atoms with Crippen molar-refractivity contribution in [2.24, 2.45) is 0 Å². The molecule has 0 unspecified atom stereocenters. The van der Waals surface area contributed by atoms with E-state index in [1.54, 1.807) is 12.1 Å². The predicted molar refractivity (Wildman–Crippen MR) is 83.5 cm³/mol. The highest BCUT2D eigenvalue weighted by Gasteiger charge is 2.20. The summed E-state index contributed by atoms with van der Waals surface area (Å²) >= 11 is 0. The topological polar surface area (TPSA) is 121 Å². The van der Waals surface area contributed by atoms with E-state index in [2.05, 4.69) is 20.1 Å². The maximum absolute atomic E-state index is 11.7. The number of benzene rings is 1. The number of methoxy groups -OCH3 is 2. The Kier molecular flexibility index (Phi) is 4.42. The van der Waals surface area contributed by atoms with Crippen molar-refractivity contribution in [3.05, 3.63) is 42.5 Å². The van der Waals surface area contributed by atoms with Crippen LogP contribution in [0.25, 0.3) is 5.69 Å². The van der Waals surface area contributed by atoms with Crippen LogP contribution in [-0.2, 0) is 0 Å². The molecule has 0 saturated carbocycles. The van der Waals surface area contributed by atoms with E-state index in [0.29, 0.717) is 0 Å². The lowest BCUT2D eigenvalue weighted by Crippen LogP contribution is -2.08.